The van der Waals surface area contributed by atoms with Gasteiger partial charge in [0.25, 0.3) is 6.29 Å². The number of oxime groups is 1. The summed E-state index contributed by atoms with van der Waals surface area (Å²) >= 11 is 0.812. The highest BCUT2D eigenvalue weighted by Crippen LogP contribution is 2.32. The van der Waals surface area contributed by atoms with Gasteiger partial charge in [0.05, 0.1) is 0 Å². The van der Waals surface area contributed by atoms with Gasteiger partial charge in [-0.05, 0) is 22.3 Å². The number of aliphatic carboxylic acids is 1. The van der Waals surface area contributed by atoms with E-state index in [4.69, 9.17) is 20.0 Å². The number of nitrogens with two attached hydrogens (primary N) is 1. The van der Waals surface area contributed by atoms with E-state index in [0.717, 1.165) is 33.8 Å². The zero-order chi connectivity index (χ0) is 33.3. The van der Waals surface area contributed by atoms with Gasteiger partial charge in [-0.25, -0.2) is 4.79 Å². The molecule has 4 aromatic carbocycles. The Morgan fingerprint density at radius 2 is 1.29 bits per heavy atom. The molecule has 6 rings (SSSR count). The van der Waals surface area contributed by atoms with Gasteiger partial charge in [-0.3, -0.25) is 9.79 Å². The quantitative estimate of drug-likeness (QED) is 0.0909. The number of carboxylic acid groups (broad SMARTS) is 1. The number of nitrogen functional groups attached to an aromatic ring is 1. The summed E-state index contributed by atoms with van der Waals surface area (Å²) in [6, 6.07) is 37.9. The summed E-state index contributed by atoms with van der Waals surface area (Å²) in [5.41, 5.74) is 8.40. The van der Waals surface area contributed by atoms with Crippen molar-refractivity contribution in [2.45, 2.75) is 24.6 Å². The first-order valence-electron chi connectivity index (χ1n) is 14.8. The number of ether oxygens (including phenoxy) is 2. The van der Waals surface area contributed by atoms with Crippen LogP contribution in [0.5, 0.6) is 0 Å². The van der Waals surface area contributed by atoms with Crippen LogP contribution in [0.2, 0.25) is 0 Å². The second-order valence-corrected chi connectivity index (χ2v) is 11.3. The zero-order valence-electron chi connectivity index (χ0n) is 25.3. The van der Waals surface area contributed by atoms with E-state index in [1.54, 1.807) is 0 Å². The zero-order valence-corrected chi connectivity index (χ0v) is 26.1. The van der Waals surface area contributed by atoms with Gasteiger partial charge in [-0.1, -0.05) is 126 Å². The second-order valence-electron chi connectivity index (χ2n) is 10.5. The molecule has 0 saturated heterocycles. The number of rotatable bonds is 13. The van der Waals surface area contributed by atoms with Crippen LogP contribution in [-0.2, 0) is 23.9 Å². The number of aromatic nitrogens is 2. The van der Waals surface area contributed by atoms with Crippen LogP contribution >= 0.6 is 11.5 Å². The van der Waals surface area contributed by atoms with E-state index in [-0.39, 0.29) is 16.7 Å². The Kier molecular flexibility index (Phi) is 10.2. The third-order valence-corrected chi connectivity index (χ3v) is 7.76. The third kappa shape index (κ3) is 7.76. The SMILES string of the molecule is Nc1nc(/C(=N/OC(OC(c2ccccc2)c2ccccc2)C2=CC(=O)C(OC(c3ccccc3)c3ccccc3)C=N2)C(=O)O)ns1. The molecule has 1 aromatic heterocycles. The number of hydrogen-bond donors (Lipinski definition) is 2. The molecule has 11 nitrogen and oxygen atoms in total. The van der Waals surface area contributed by atoms with E-state index < -0.39 is 42.1 Å². The summed E-state index contributed by atoms with van der Waals surface area (Å²) in [7, 11) is 0. The molecule has 1 aliphatic heterocycles. The fourth-order valence-electron chi connectivity index (χ4n) is 4.96. The summed E-state index contributed by atoms with van der Waals surface area (Å²) in [5, 5.41) is 13.8. The van der Waals surface area contributed by atoms with Crippen molar-refractivity contribution >= 4 is 40.3 Å². The third-order valence-electron chi connectivity index (χ3n) is 7.22. The smallest absolute Gasteiger partial charge is 0.362 e. The molecule has 0 aliphatic carbocycles. The molecule has 0 spiro atoms. The molecular formula is C36H29N5O6S. The number of nitrogens with zero attached hydrogens (tertiary/aromatic N) is 4. The first-order chi connectivity index (χ1) is 23.5. The van der Waals surface area contributed by atoms with E-state index in [2.05, 4.69) is 19.5 Å². The summed E-state index contributed by atoms with van der Waals surface area (Å²) in [5.74, 6) is -2.10. The van der Waals surface area contributed by atoms with E-state index >= 15 is 0 Å². The van der Waals surface area contributed by atoms with E-state index in [1.165, 1.54) is 12.3 Å². The highest BCUT2D eigenvalue weighted by atomic mass is 32.1. The van der Waals surface area contributed by atoms with Crippen molar-refractivity contribution in [3.05, 3.63) is 161 Å². The average molecular weight is 660 g/mol. The molecule has 1 aliphatic rings. The van der Waals surface area contributed by atoms with Gasteiger partial charge < -0.3 is 25.2 Å². The van der Waals surface area contributed by atoms with Gasteiger partial charge in [0.15, 0.2) is 17.0 Å². The predicted molar refractivity (Wildman–Crippen MR) is 180 cm³/mol. The van der Waals surface area contributed by atoms with Gasteiger partial charge in [-0.15, -0.1) is 0 Å². The molecule has 2 unspecified atom stereocenters. The minimum Gasteiger partial charge on any atom is -0.476 e. The highest BCUT2D eigenvalue weighted by molar-refractivity contribution is 7.09. The van der Waals surface area contributed by atoms with Gasteiger partial charge >= 0.3 is 5.97 Å². The Morgan fingerprint density at radius 1 is 0.792 bits per heavy atom. The van der Waals surface area contributed by atoms with Gasteiger partial charge in [0.1, 0.15) is 17.9 Å². The van der Waals surface area contributed by atoms with Gasteiger partial charge in [-0.2, -0.15) is 9.36 Å². The number of carboxylic acids is 1. The van der Waals surface area contributed by atoms with Crippen molar-refractivity contribution in [2.75, 3.05) is 5.73 Å². The van der Waals surface area contributed by atoms with Crippen molar-refractivity contribution in [1.29, 1.82) is 0 Å². The number of hydrogen-bond acceptors (Lipinski definition) is 11. The highest BCUT2D eigenvalue weighted by Gasteiger charge is 2.32. The van der Waals surface area contributed by atoms with E-state index in [1.807, 2.05) is 121 Å². The molecule has 2 heterocycles. The summed E-state index contributed by atoms with van der Waals surface area (Å²) in [6.45, 7) is 0. The standard InChI is InChI=1S/C36H29N5O6S/c37-36-39-33(41-48-36)30(34(43)44)40-47-35(46-32(25-17-9-3-10-18-25)26-19-11-4-12-20-26)27-21-28(42)29(22-38-27)45-31(23-13-5-1-6-14-23)24-15-7-2-8-16-24/h1-22,29,31-32,35H,(H,43,44)(H2,37,39,41)/b40-30-. The minimum absolute atomic E-state index is 0.0481. The number of anilines is 1. The molecular weight excluding hydrogens is 630 g/mol. The lowest BCUT2D eigenvalue weighted by atomic mass is 10.0. The second kappa shape index (κ2) is 15.2. The molecule has 12 heteroatoms. The molecule has 3 N–H and O–H groups in total. The van der Waals surface area contributed by atoms with Crippen molar-refractivity contribution in [3.63, 3.8) is 0 Å². The molecule has 0 saturated carbocycles. The van der Waals surface area contributed by atoms with Crippen molar-refractivity contribution < 1.29 is 29.0 Å². The number of benzene rings is 4. The van der Waals surface area contributed by atoms with Crippen LogP contribution in [0.4, 0.5) is 5.13 Å². The number of carbonyl (C=O) groups is 2. The first kappa shape index (κ1) is 32.1. The number of ketones is 1. The van der Waals surface area contributed by atoms with Crippen molar-refractivity contribution in [1.82, 2.24) is 9.36 Å². The largest absolute Gasteiger partial charge is 0.476 e. The normalized spacial score (nSPS) is 15.4. The van der Waals surface area contributed by atoms with Crippen molar-refractivity contribution in [3.8, 4) is 0 Å². The fourth-order valence-corrected chi connectivity index (χ4v) is 5.39. The maximum atomic E-state index is 13.6. The average Bonchev–Trinajstić information content (AvgIpc) is 3.56. The Morgan fingerprint density at radius 3 is 1.73 bits per heavy atom. The molecule has 0 amide bonds. The molecule has 48 heavy (non-hydrogen) atoms. The van der Waals surface area contributed by atoms with E-state index in [0.29, 0.717) is 0 Å². The lowest BCUT2D eigenvalue weighted by molar-refractivity contribution is -0.144. The van der Waals surface area contributed by atoms with Crippen LogP contribution in [-0.4, -0.2) is 50.5 Å². The first-order valence-corrected chi connectivity index (χ1v) is 15.6. The summed E-state index contributed by atoms with van der Waals surface area (Å²) < 4.78 is 16.8. The maximum absolute atomic E-state index is 13.6. The maximum Gasteiger partial charge on any atom is 0.362 e. The Balaban J connectivity index is 1.33. The summed E-state index contributed by atoms with van der Waals surface area (Å²) in [6.07, 6.45) is -1.10. The van der Waals surface area contributed by atoms with Crippen LogP contribution in [0.1, 0.15) is 40.3 Å². The fraction of sp³-hybridized carbons (Fsp3) is 0.111. The number of aliphatic imine (C=N–C) groups is 1. The monoisotopic (exact) mass is 659 g/mol. The Labute approximate surface area is 279 Å². The molecule has 0 fully saturated rings. The Bertz CT molecular complexity index is 1860. The molecule has 240 valence electrons. The molecule has 5 aromatic rings. The molecule has 0 bridgehead atoms. The topological polar surface area (TPSA) is 159 Å². The number of carbonyl (C=O) groups excluding carboxylic acids is 1. The van der Waals surface area contributed by atoms with Crippen LogP contribution in [0.25, 0.3) is 0 Å². The van der Waals surface area contributed by atoms with Crippen LogP contribution < -0.4 is 5.73 Å². The van der Waals surface area contributed by atoms with Gasteiger partial charge in [0, 0.05) is 23.8 Å². The van der Waals surface area contributed by atoms with Crippen LogP contribution in [0, 0.1) is 0 Å². The molecule has 2 atom stereocenters. The molecule has 0 radical (unpaired) electrons. The van der Waals surface area contributed by atoms with Crippen molar-refractivity contribution in [2.24, 2.45) is 10.1 Å². The van der Waals surface area contributed by atoms with E-state index in [9.17, 15) is 14.7 Å². The lowest BCUT2D eigenvalue weighted by Gasteiger charge is -2.27. The van der Waals surface area contributed by atoms with Gasteiger partial charge in [0.2, 0.25) is 11.5 Å². The Hall–Kier alpha value is -5.82. The van der Waals surface area contributed by atoms with Crippen LogP contribution in [0.3, 0.4) is 0 Å². The lowest BCUT2D eigenvalue weighted by Crippen LogP contribution is -2.32. The predicted octanol–water partition coefficient (Wildman–Crippen LogP) is 5.77. The summed E-state index contributed by atoms with van der Waals surface area (Å²) in [4.78, 5) is 39.9. The van der Waals surface area contributed by atoms with Crippen LogP contribution in [0.15, 0.2) is 143 Å². The minimum atomic E-state index is -1.45.